The number of hydrogen-bond donors (Lipinski definition) is 1. The maximum atomic E-state index is 9.26. The van der Waals surface area contributed by atoms with Crippen LogP contribution in [-0.2, 0) is 0 Å². The number of anilines is 1. The average molecular weight is 269 g/mol. The van der Waals surface area contributed by atoms with Gasteiger partial charge >= 0.3 is 0 Å². The first-order chi connectivity index (χ1) is 9.62. The molecule has 5 nitrogen and oxygen atoms in total. The molecule has 0 saturated carbocycles. The van der Waals surface area contributed by atoms with Gasteiger partial charge in [0, 0.05) is 17.3 Å². The molecule has 1 heterocycles. The van der Waals surface area contributed by atoms with Crippen molar-refractivity contribution >= 4 is 5.82 Å². The van der Waals surface area contributed by atoms with Gasteiger partial charge in [-0.05, 0) is 30.7 Å². The quantitative estimate of drug-likeness (QED) is 0.926. The van der Waals surface area contributed by atoms with Gasteiger partial charge in [0.05, 0.1) is 14.2 Å². The predicted octanol–water partition coefficient (Wildman–Crippen LogP) is 2.53. The van der Waals surface area contributed by atoms with Crippen LogP contribution in [0.2, 0.25) is 0 Å². The van der Waals surface area contributed by atoms with Crippen molar-refractivity contribution in [2.75, 3.05) is 20.0 Å². The SMILES string of the molecule is COc1cc(-c2ccnc(N)c2C#N)c(OC)cc1C. The van der Waals surface area contributed by atoms with Crippen LogP contribution in [0.4, 0.5) is 5.82 Å². The highest BCUT2D eigenvalue weighted by atomic mass is 16.5. The summed E-state index contributed by atoms with van der Waals surface area (Å²) in [7, 11) is 3.19. The zero-order valence-corrected chi connectivity index (χ0v) is 11.6. The summed E-state index contributed by atoms with van der Waals surface area (Å²) >= 11 is 0. The molecule has 0 unspecified atom stereocenters. The van der Waals surface area contributed by atoms with Crippen LogP contribution in [0, 0.1) is 18.3 Å². The minimum atomic E-state index is 0.201. The lowest BCUT2D eigenvalue weighted by Gasteiger charge is -2.14. The van der Waals surface area contributed by atoms with Crippen LogP contribution in [0.5, 0.6) is 11.5 Å². The van der Waals surface area contributed by atoms with Gasteiger partial charge in [-0.3, -0.25) is 0 Å². The Labute approximate surface area is 117 Å². The topological polar surface area (TPSA) is 81.2 Å². The molecule has 0 fully saturated rings. The number of aromatic nitrogens is 1. The van der Waals surface area contributed by atoms with Crippen LogP contribution in [0.1, 0.15) is 11.1 Å². The molecule has 5 heteroatoms. The number of benzene rings is 1. The fourth-order valence-corrected chi connectivity index (χ4v) is 2.08. The number of nitrogens with zero attached hydrogens (tertiary/aromatic N) is 2. The van der Waals surface area contributed by atoms with E-state index in [-0.39, 0.29) is 5.82 Å². The van der Waals surface area contributed by atoms with Gasteiger partial charge < -0.3 is 15.2 Å². The maximum absolute atomic E-state index is 9.26. The van der Waals surface area contributed by atoms with E-state index in [1.807, 2.05) is 19.1 Å². The number of ether oxygens (including phenoxy) is 2. The molecule has 0 amide bonds. The second-order valence-corrected chi connectivity index (χ2v) is 4.25. The van der Waals surface area contributed by atoms with E-state index >= 15 is 0 Å². The minimum Gasteiger partial charge on any atom is -0.496 e. The summed E-state index contributed by atoms with van der Waals surface area (Å²) in [5.74, 6) is 1.58. The number of aryl methyl sites for hydroxylation is 1. The van der Waals surface area contributed by atoms with Gasteiger partial charge in [0.15, 0.2) is 0 Å². The zero-order chi connectivity index (χ0) is 14.7. The van der Waals surface area contributed by atoms with E-state index in [1.165, 1.54) is 0 Å². The zero-order valence-electron chi connectivity index (χ0n) is 11.6. The Balaban J connectivity index is 2.75. The average Bonchev–Trinajstić information content (AvgIpc) is 2.46. The van der Waals surface area contributed by atoms with Crippen LogP contribution < -0.4 is 15.2 Å². The summed E-state index contributed by atoms with van der Waals surface area (Å²) in [6, 6.07) is 7.52. The Morgan fingerprint density at radius 2 is 1.85 bits per heavy atom. The number of pyridine rings is 1. The lowest BCUT2D eigenvalue weighted by molar-refractivity contribution is 0.402. The lowest BCUT2D eigenvalue weighted by Crippen LogP contribution is -1.99. The molecule has 2 rings (SSSR count). The van der Waals surface area contributed by atoms with Crippen molar-refractivity contribution in [2.24, 2.45) is 0 Å². The Hall–Kier alpha value is -2.74. The van der Waals surface area contributed by atoms with Gasteiger partial charge in [-0.2, -0.15) is 5.26 Å². The molecule has 0 saturated heterocycles. The highest BCUT2D eigenvalue weighted by Crippen LogP contribution is 2.38. The maximum Gasteiger partial charge on any atom is 0.141 e. The van der Waals surface area contributed by atoms with Gasteiger partial charge in [0.1, 0.15) is 28.9 Å². The number of hydrogen-bond acceptors (Lipinski definition) is 5. The highest BCUT2D eigenvalue weighted by Gasteiger charge is 2.15. The van der Waals surface area contributed by atoms with Crippen molar-refractivity contribution in [3.63, 3.8) is 0 Å². The van der Waals surface area contributed by atoms with E-state index in [0.717, 1.165) is 16.9 Å². The first kappa shape index (κ1) is 13.7. The van der Waals surface area contributed by atoms with Crippen molar-refractivity contribution in [1.29, 1.82) is 5.26 Å². The Morgan fingerprint density at radius 3 is 2.45 bits per heavy atom. The van der Waals surface area contributed by atoms with Gasteiger partial charge in [0.2, 0.25) is 0 Å². The number of nitriles is 1. The number of nitrogens with two attached hydrogens (primary N) is 1. The second kappa shape index (κ2) is 5.49. The number of rotatable bonds is 3. The molecule has 2 N–H and O–H groups in total. The Bertz CT molecular complexity index is 690. The third-order valence-corrected chi connectivity index (χ3v) is 3.10. The van der Waals surface area contributed by atoms with Gasteiger partial charge in [-0.15, -0.1) is 0 Å². The molecule has 0 bridgehead atoms. The number of methoxy groups -OCH3 is 2. The molecule has 20 heavy (non-hydrogen) atoms. The van der Waals surface area contributed by atoms with Crippen molar-refractivity contribution < 1.29 is 9.47 Å². The fraction of sp³-hybridized carbons (Fsp3) is 0.200. The van der Waals surface area contributed by atoms with Gasteiger partial charge in [-0.1, -0.05) is 0 Å². The summed E-state index contributed by atoms with van der Waals surface area (Å²) in [6.07, 6.45) is 1.57. The molecular weight excluding hydrogens is 254 g/mol. The molecule has 102 valence electrons. The Morgan fingerprint density at radius 1 is 1.15 bits per heavy atom. The van der Waals surface area contributed by atoms with E-state index in [2.05, 4.69) is 11.1 Å². The molecule has 1 aromatic carbocycles. The molecule has 2 aromatic rings. The van der Waals surface area contributed by atoms with E-state index in [0.29, 0.717) is 16.9 Å². The molecule has 0 aliphatic rings. The van der Waals surface area contributed by atoms with E-state index in [9.17, 15) is 5.26 Å². The summed E-state index contributed by atoms with van der Waals surface area (Å²) in [5.41, 5.74) is 8.46. The highest BCUT2D eigenvalue weighted by molar-refractivity contribution is 5.80. The molecular formula is C15H15N3O2. The third kappa shape index (κ3) is 2.24. The summed E-state index contributed by atoms with van der Waals surface area (Å²) in [5, 5.41) is 9.26. The van der Waals surface area contributed by atoms with E-state index < -0.39 is 0 Å². The molecule has 0 aliphatic carbocycles. The van der Waals surface area contributed by atoms with Crippen molar-refractivity contribution in [1.82, 2.24) is 4.98 Å². The van der Waals surface area contributed by atoms with Crippen LogP contribution in [0.15, 0.2) is 24.4 Å². The van der Waals surface area contributed by atoms with E-state index in [4.69, 9.17) is 15.2 Å². The van der Waals surface area contributed by atoms with Crippen LogP contribution in [0.25, 0.3) is 11.1 Å². The van der Waals surface area contributed by atoms with Crippen LogP contribution in [0.3, 0.4) is 0 Å². The summed E-state index contributed by atoms with van der Waals surface area (Å²) in [6.45, 7) is 1.93. The molecule has 1 aromatic heterocycles. The number of nitrogen functional groups attached to an aromatic ring is 1. The van der Waals surface area contributed by atoms with Gasteiger partial charge in [0.25, 0.3) is 0 Å². The van der Waals surface area contributed by atoms with Crippen LogP contribution >= 0.6 is 0 Å². The first-order valence-corrected chi connectivity index (χ1v) is 6.00. The normalized spacial score (nSPS) is 9.90. The molecule has 0 atom stereocenters. The second-order valence-electron chi connectivity index (χ2n) is 4.25. The predicted molar refractivity (Wildman–Crippen MR) is 76.6 cm³/mol. The van der Waals surface area contributed by atoms with Crippen molar-refractivity contribution in [3.8, 4) is 28.7 Å². The molecule has 0 radical (unpaired) electrons. The first-order valence-electron chi connectivity index (χ1n) is 6.00. The lowest BCUT2D eigenvalue weighted by atomic mass is 9.98. The third-order valence-electron chi connectivity index (χ3n) is 3.10. The van der Waals surface area contributed by atoms with Crippen molar-refractivity contribution in [3.05, 3.63) is 35.5 Å². The fourth-order valence-electron chi connectivity index (χ4n) is 2.08. The van der Waals surface area contributed by atoms with Crippen LogP contribution in [-0.4, -0.2) is 19.2 Å². The molecule has 0 aliphatic heterocycles. The van der Waals surface area contributed by atoms with E-state index in [1.54, 1.807) is 26.5 Å². The largest absolute Gasteiger partial charge is 0.496 e. The van der Waals surface area contributed by atoms with Gasteiger partial charge in [-0.25, -0.2) is 4.98 Å². The smallest absolute Gasteiger partial charge is 0.141 e. The summed E-state index contributed by atoms with van der Waals surface area (Å²) < 4.78 is 10.7. The molecule has 0 spiro atoms. The summed E-state index contributed by atoms with van der Waals surface area (Å²) in [4.78, 5) is 3.93. The minimum absolute atomic E-state index is 0.201. The van der Waals surface area contributed by atoms with Crippen molar-refractivity contribution in [2.45, 2.75) is 6.92 Å². The monoisotopic (exact) mass is 269 g/mol. The standard InChI is InChI=1S/C15H15N3O2/c1-9-6-14(20-3)11(7-13(9)19-2)10-4-5-18-15(17)12(10)8-16/h4-7H,1-3H3,(H2,17,18). The Kier molecular flexibility index (Phi) is 3.76.